The van der Waals surface area contributed by atoms with Crippen LogP contribution in [0.3, 0.4) is 0 Å². The number of cyclic esters (lactones) is 2. The van der Waals surface area contributed by atoms with Gasteiger partial charge in [0, 0.05) is 9.86 Å². The summed E-state index contributed by atoms with van der Waals surface area (Å²) in [5.74, 6) is -1.78. The average molecular weight is 417 g/mol. The lowest BCUT2D eigenvalue weighted by Gasteiger charge is -2.11. The summed E-state index contributed by atoms with van der Waals surface area (Å²) in [5, 5.41) is 0.916. The van der Waals surface area contributed by atoms with Gasteiger partial charge in [0.25, 0.3) is 0 Å². The van der Waals surface area contributed by atoms with E-state index in [0.717, 1.165) is 4.47 Å². The van der Waals surface area contributed by atoms with Crippen LogP contribution < -0.4 is 0 Å². The summed E-state index contributed by atoms with van der Waals surface area (Å²) in [6.45, 7) is 0. The highest BCUT2D eigenvalue weighted by molar-refractivity contribution is 9.10. The van der Waals surface area contributed by atoms with E-state index in [0.29, 0.717) is 10.8 Å². The predicted molar refractivity (Wildman–Crippen MR) is 93.3 cm³/mol. The molecule has 0 N–H and O–H groups in total. The highest BCUT2D eigenvalue weighted by Crippen LogP contribution is 2.37. The lowest BCUT2D eigenvalue weighted by Crippen LogP contribution is -2.09. The van der Waals surface area contributed by atoms with Gasteiger partial charge in [-0.25, -0.2) is 18.0 Å². The molecule has 0 aliphatic carbocycles. The van der Waals surface area contributed by atoms with E-state index in [1.54, 1.807) is 36.4 Å². The second-order valence-electron chi connectivity index (χ2n) is 5.48. The van der Waals surface area contributed by atoms with E-state index in [-0.39, 0.29) is 20.9 Å². The van der Waals surface area contributed by atoms with E-state index in [2.05, 4.69) is 20.7 Å². The molecule has 5 nitrogen and oxygen atoms in total. The minimum absolute atomic E-state index is 0.0283. The van der Waals surface area contributed by atoms with Crippen LogP contribution in [-0.2, 0) is 14.6 Å². The minimum Gasteiger partial charge on any atom is -0.386 e. The van der Waals surface area contributed by atoms with Gasteiger partial charge in [0.15, 0.2) is 0 Å². The van der Waals surface area contributed by atoms with E-state index in [1.807, 2.05) is 0 Å². The predicted octanol–water partition coefficient (Wildman–Crippen LogP) is 3.75. The smallest absolute Gasteiger partial charge is 0.348 e. The van der Waals surface area contributed by atoms with Crippen molar-refractivity contribution in [3.63, 3.8) is 0 Å². The van der Waals surface area contributed by atoms with Crippen molar-refractivity contribution < 1.29 is 22.7 Å². The molecule has 0 saturated heterocycles. The number of ether oxygens (including phenoxy) is 1. The maximum absolute atomic E-state index is 13.2. The fourth-order valence-electron chi connectivity index (χ4n) is 2.88. The fourth-order valence-corrected chi connectivity index (χ4v) is 4.81. The number of fused-ring (bicyclic) bond motifs is 2. The molecule has 0 spiro atoms. The summed E-state index contributed by atoms with van der Waals surface area (Å²) >= 11 is 3.26. The zero-order valence-electron chi connectivity index (χ0n) is 12.5. The van der Waals surface area contributed by atoms with E-state index in [4.69, 9.17) is 0 Å². The number of rotatable bonds is 2. The normalized spacial score (nSPS) is 13.8. The Balaban J connectivity index is 2.14. The van der Waals surface area contributed by atoms with E-state index in [9.17, 15) is 18.0 Å². The summed E-state index contributed by atoms with van der Waals surface area (Å²) in [4.78, 5) is 23.9. The van der Waals surface area contributed by atoms with Gasteiger partial charge in [0.1, 0.15) is 0 Å². The third kappa shape index (κ3) is 2.39. The van der Waals surface area contributed by atoms with Crippen molar-refractivity contribution in [3.05, 3.63) is 70.2 Å². The molecule has 0 bridgehead atoms. The Kier molecular flexibility index (Phi) is 3.52. The Morgan fingerprint density at radius 3 is 2.28 bits per heavy atom. The molecule has 0 unspecified atom stereocenters. The van der Waals surface area contributed by atoms with E-state index < -0.39 is 21.8 Å². The van der Waals surface area contributed by atoms with Gasteiger partial charge in [-0.15, -0.1) is 0 Å². The fraction of sp³-hybridized carbons (Fsp3) is 0. The first kappa shape index (κ1) is 16.0. The molecule has 0 amide bonds. The van der Waals surface area contributed by atoms with Gasteiger partial charge < -0.3 is 4.74 Å². The van der Waals surface area contributed by atoms with Crippen LogP contribution in [0.2, 0.25) is 0 Å². The van der Waals surface area contributed by atoms with Gasteiger partial charge in [0.2, 0.25) is 9.84 Å². The average Bonchev–Trinajstić information content (AvgIpc) is 2.87. The molecule has 1 heterocycles. The molecule has 124 valence electrons. The largest absolute Gasteiger partial charge is 0.386 e. The number of sulfone groups is 1. The number of carbonyl (C=O) groups excluding carboxylic acids is 2. The van der Waals surface area contributed by atoms with Crippen LogP contribution in [0.25, 0.3) is 10.8 Å². The van der Waals surface area contributed by atoms with Crippen LogP contribution in [0, 0.1) is 0 Å². The van der Waals surface area contributed by atoms with Crippen molar-refractivity contribution in [3.8, 4) is 0 Å². The zero-order valence-corrected chi connectivity index (χ0v) is 14.9. The molecule has 0 aromatic heterocycles. The molecule has 0 atom stereocenters. The van der Waals surface area contributed by atoms with Crippen molar-refractivity contribution in [1.82, 2.24) is 0 Å². The number of benzene rings is 3. The van der Waals surface area contributed by atoms with Crippen molar-refractivity contribution >= 4 is 48.5 Å². The van der Waals surface area contributed by atoms with Crippen molar-refractivity contribution in [2.45, 2.75) is 9.79 Å². The Bertz CT molecular complexity index is 1160. The molecule has 0 fully saturated rings. The second kappa shape index (κ2) is 5.50. The number of hydrogen-bond donors (Lipinski definition) is 0. The van der Waals surface area contributed by atoms with Crippen molar-refractivity contribution in [2.75, 3.05) is 0 Å². The van der Waals surface area contributed by atoms with Crippen LogP contribution in [0.15, 0.2) is 68.9 Å². The number of hydrogen-bond acceptors (Lipinski definition) is 5. The molecular formula is C18H9BrO5S. The molecule has 3 aromatic carbocycles. The quantitative estimate of drug-likeness (QED) is 0.469. The summed E-state index contributed by atoms with van der Waals surface area (Å²) in [6, 6.07) is 14.3. The molecule has 1 aliphatic rings. The van der Waals surface area contributed by atoms with Gasteiger partial charge in [-0.05, 0) is 35.7 Å². The molecule has 4 rings (SSSR count). The summed E-state index contributed by atoms with van der Waals surface area (Å²) in [6.07, 6.45) is 0. The van der Waals surface area contributed by atoms with Gasteiger partial charge in [-0.1, -0.05) is 40.2 Å². The lowest BCUT2D eigenvalue weighted by atomic mass is 10.0. The van der Waals surface area contributed by atoms with Crippen LogP contribution in [0.1, 0.15) is 20.7 Å². The van der Waals surface area contributed by atoms with Crippen LogP contribution in [0.5, 0.6) is 0 Å². The lowest BCUT2D eigenvalue weighted by molar-refractivity contribution is 0.0442. The van der Waals surface area contributed by atoms with E-state index in [1.165, 1.54) is 18.2 Å². The van der Waals surface area contributed by atoms with Crippen molar-refractivity contribution in [1.29, 1.82) is 0 Å². The molecule has 7 heteroatoms. The highest BCUT2D eigenvalue weighted by atomic mass is 79.9. The minimum atomic E-state index is -4.04. The topological polar surface area (TPSA) is 77.5 Å². The van der Waals surface area contributed by atoms with Crippen molar-refractivity contribution in [2.24, 2.45) is 0 Å². The third-order valence-corrected chi connectivity index (χ3v) is 6.39. The van der Waals surface area contributed by atoms with Crippen LogP contribution in [0.4, 0.5) is 0 Å². The maximum Gasteiger partial charge on any atom is 0.348 e. The van der Waals surface area contributed by atoms with Crippen LogP contribution in [-0.4, -0.2) is 20.4 Å². The Labute approximate surface area is 151 Å². The van der Waals surface area contributed by atoms with Gasteiger partial charge in [-0.2, -0.15) is 0 Å². The molecule has 3 aromatic rings. The summed E-state index contributed by atoms with van der Waals surface area (Å²) < 4.78 is 31.8. The maximum atomic E-state index is 13.2. The number of esters is 2. The summed E-state index contributed by atoms with van der Waals surface area (Å²) in [7, 11) is -4.04. The molecule has 0 radical (unpaired) electrons. The molecule has 25 heavy (non-hydrogen) atoms. The third-order valence-electron chi connectivity index (χ3n) is 4.00. The van der Waals surface area contributed by atoms with Gasteiger partial charge >= 0.3 is 11.9 Å². The van der Waals surface area contributed by atoms with Crippen LogP contribution >= 0.6 is 15.9 Å². The zero-order chi connectivity index (χ0) is 17.8. The Morgan fingerprint density at radius 2 is 1.56 bits per heavy atom. The van der Waals surface area contributed by atoms with E-state index >= 15 is 0 Å². The standard InChI is InChI=1S/C18H9BrO5S/c19-11-5-7-12(8-6-11)25(22,23)16-13-4-2-1-3-10(13)9-14-15(16)18(21)24-17(14)20/h1-9H. The first-order chi connectivity index (χ1) is 11.9. The Hall–Kier alpha value is -2.51. The van der Waals surface area contributed by atoms with Gasteiger partial charge in [0.05, 0.1) is 20.9 Å². The Morgan fingerprint density at radius 1 is 0.880 bits per heavy atom. The summed E-state index contributed by atoms with van der Waals surface area (Å²) in [5.41, 5.74) is -0.231. The number of halogens is 1. The first-order valence-corrected chi connectivity index (χ1v) is 9.50. The first-order valence-electron chi connectivity index (χ1n) is 7.22. The molecule has 0 saturated carbocycles. The SMILES string of the molecule is O=C1OC(=O)c2c1cc1ccccc1c2S(=O)(=O)c1ccc(Br)cc1. The molecular weight excluding hydrogens is 408 g/mol. The number of carbonyl (C=O) groups is 2. The van der Waals surface area contributed by atoms with Gasteiger partial charge in [-0.3, -0.25) is 0 Å². The molecule has 1 aliphatic heterocycles. The monoisotopic (exact) mass is 416 g/mol. The second-order valence-corrected chi connectivity index (χ2v) is 8.29. The highest BCUT2D eigenvalue weighted by Gasteiger charge is 2.38.